The van der Waals surface area contributed by atoms with Gasteiger partial charge in [-0.25, -0.2) is 0 Å². The van der Waals surface area contributed by atoms with Crippen LogP contribution < -0.4 is 4.90 Å². The number of rotatable bonds is 5. The van der Waals surface area contributed by atoms with E-state index in [-0.39, 0.29) is 6.04 Å². The third-order valence-corrected chi connectivity index (χ3v) is 6.57. The van der Waals surface area contributed by atoms with Gasteiger partial charge in [0.2, 0.25) is 0 Å². The van der Waals surface area contributed by atoms with Crippen LogP contribution in [0.3, 0.4) is 0 Å². The van der Waals surface area contributed by atoms with Gasteiger partial charge in [-0.15, -0.1) is 0 Å². The second-order valence-corrected chi connectivity index (χ2v) is 9.17. The third-order valence-electron chi connectivity index (χ3n) is 5.78. The first kappa shape index (κ1) is 21.5. The zero-order valence-electron chi connectivity index (χ0n) is 17.0. The first-order chi connectivity index (χ1) is 14.5. The highest BCUT2D eigenvalue weighted by atomic mass is 35.5. The fourth-order valence-electron chi connectivity index (χ4n) is 4.06. The highest BCUT2D eigenvalue weighted by Gasteiger charge is 2.29. The van der Waals surface area contributed by atoms with Crippen LogP contribution in [0.15, 0.2) is 66.7 Å². The molecule has 2 nitrogen and oxygen atoms in total. The smallest absolute Gasteiger partial charge is 0.0670 e. The lowest BCUT2D eigenvalue weighted by atomic mass is 10.0. The Hall–Kier alpha value is -1.71. The minimum Gasteiger partial charge on any atom is -0.361 e. The maximum absolute atomic E-state index is 6.57. The Balaban J connectivity index is 1.55. The van der Waals surface area contributed by atoms with Crippen LogP contribution in [-0.2, 0) is 6.42 Å². The molecule has 0 spiro atoms. The van der Waals surface area contributed by atoms with Crippen LogP contribution in [0.1, 0.15) is 22.7 Å². The van der Waals surface area contributed by atoms with E-state index in [1.807, 2.05) is 30.3 Å². The number of aryl methyl sites for hydroxylation is 1. The molecule has 156 valence electrons. The number of piperazine rings is 1. The zero-order valence-corrected chi connectivity index (χ0v) is 19.3. The van der Waals surface area contributed by atoms with Crippen molar-refractivity contribution in [2.45, 2.75) is 19.4 Å². The summed E-state index contributed by atoms with van der Waals surface area (Å²) in [5, 5.41) is 2.10. The molecule has 5 heteroatoms. The lowest BCUT2D eigenvalue weighted by Crippen LogP contribution is -2.49. The highest BCUT2D eigenvalue weighted by Crippen LogP contribution is 2.36. The molecule has 1 aliphatic rings. The molecule has 1 saturated heterocycles. The molecular weight excluding hydrogens is 435 g/mol. The molecule has 0 radical (unpaired) electrons. The van der Waals surface area contributed by atoms with Gasteiger partial charge >= 0.3 is 0 Å². The van der Waals surface area contributed by atoms with Crippen molar-refractivity contribution in [3.63, 3.8) is 0 Å². The van der Waals surface area contributed by atoms with Crippen LogP contribution in [0, 0.1) is 6.92 Å². The summed E-state index contributed by atoms with van der Waals surface area (Å²) < 4.78 is 0. The number of anilines is 1. The zero-order chi connectivity index (χ0) is 21.1. The molecule has 0 aliphatic carbocycles. The van der Waals surface area contributed by atoms with E-state index in [1.54, 1.807) is 0 Å². The fourth-order valence-corrected chi connectivity index (χ4v) is 4.70. The van der Waals surface area contributed by atoms with Gasteiger partial charge in [0, 0.05) is 36.2 Å². The summed E-state index contributed by atoms with van der Waals surface area (Å²) in [4.78, 5) is 4.93. The van der Waals surface area contributed by atoms with Gasteiger partial charge < -0.3 is 4.90 Å². The van der Waals surface area contributed by atoms with E-state index in [1.165, 1.54) is 16.7 Å². The second-order valence-electron chi connectivity index (χ2n) is 7.89. The first-order valence-corrected chi connectivity index (χ1v) is 11.4. The van der Waals surface area contributed by atoms with E-state index in [2.05, 4.69) is 53.1 Å². The Morgan fingerprint density at radius 2 is 1.53 bits per heavy atom. The van der Waals surface area contributed by atoms with Crippen molar-refractivity contribution in [1.29, 1.82) is 0 Å². The Morgan fingerprint density at radius 3 is 2.23 bits per heavy atom. The van der Waals surface area contributed by atoms with Crippen LogP contribution in [0.5, 0.6) is 0 Å². The average Bonchev–Trinajstić information content (AvgIpc) is 2.74. The largest absolute Gasteiger partial charge is 0.361 e. The summed E-state index contributed by atoms with van der Waals surface area (Å²) in [6.45, 7) is 6.00. The molecule has 1 atom stereocenters. The normalized spacial score (nSPS) is 17.3. The van der Waals surface area contributed by atoms with Gasteiger partial charge in [-0.3, -0.25) is 4.90 Å². The first-order valence-electron chi connectivity index (χ1n) is 10.2. The Bertz CT molecular complexity index is 986. The van der Waals surface area contributed by atoms with Crippen LogP contribution in [0.2, 0.25) is 15.1 Å². The maximum Gasteiger partial charge on any atom is 0.0670 e. The van der Waals surface area contributed by atoms with Gasteiger partial charge in [0.05, 0.1) is 16.8 Å². The quantitative estimate of drug-likeness (QED) is 0.403. The fraction of sp³-hybridized carbons (Fsp3) is 0.280. The molecule has 4 rings (SSSR count). The minimum absolute atomic E-state index is 0.202. The summed E-state index contributed by atoms with van der Waals surface area (Å²) in [7, 11) is 0. The minimum atomic E-state index is 0.202. The molecule has 1 fully saturated rings. The van der Waals surface area contributed by atoms with E-state index in [4.69, 9.17) is 34.8 Å². The van der Waals surface area contributed by atoms with Gasteiger partial charge in [0.1, 0.15) is 0 Å². The monoisotopic (exact) mass is 458 g/mol. The van der Waals surface area contributed by atoms with Crippen molar-refractivity contribution in [3.05, 3.63) is 98.5 Å². The van der Waals surface area contributed by atoms with Crippen molar-refractivity contribution in [1.82, 2.24) is 4.90 Å². The lowest BCUT2D eigenvalue weighted by molar-refractivity contribution is 0.226. The topological polar surface area (TPSA) is 6.48 Å². The lowest BCUT2D eigenvalue weighted by Gasteiger charge is -2.43. The molecule has 0 amide bonds. The number of hydrogen-bond acceptors (Lipinski definition) is 2. The van der Waals surface area contributed by atoms with Gasteiger partial charge in [-0.1, -0.05) is 76.8 Å². The van der Waals surface area contributed by atoms with E-state index in [0.717, 1.165) is 43.3 Å². The Morgan fingerprint density at radius 1 is 0.833 bits per heavy atom. The summed E-state index contributed by atoms with van der Waals surface area (Å²) in [6, 6.07) is 23.0. The van der Waals surface area contributed by atoms with E-state index < -0.39 is 0 Å². The van der Waals surface area contributed by atoms with Crippen molar-refractivity contribution in [2.75, 3.05) is 31.1 Å². The molecule has 3 aromatic rings. The second kappa shape index (κ2) is 9.62. The number of nitrogens with zero attached hydrogens (tertiary/aromatic N) is 2. The number of benzene rings is 3. The van der Waals surface area contributed by atoms with Crippen LogP contribution >= 0.6 is 34.8 Å². The van der Waals surface area contributed by atoms with Crippen molar-refractivity contribution in [3.8, 4) is 0 Å². The van der Waals surface area contributed by atoms with Crippen LogP contribution in [0.25, 0.3) is 0 Å². The van der Waals surface area contributed by atoms with Crippen LogP contribution in [0.4, 0.5) is 5.69 Å². The van der Waals surface area contributed by atoms with Crippen molar-refractivity contribution in [2.24, 2.45) is 0 Å². The molecule has 30 heavy (non-hydrogen) atoms. The van der Waals surface area contributed by atoms with Crippen molar-refractivity contribution < 1.29 is 0 Å². The highest BCUT2D eigenvalue weighted by molar-refractivity contribution is 6.36. The van der Waals surface area contributed by atoms with Gasteiger partial charge in [0.25, 0.3) is 0 Å². The number of hydrogen-bond donors (Lipinski definition) is 0. The average molecular weight is 460 g/mol. The van der Waals surface area contributed by atoms with Gasteiger partial charge in [-0.05, 0) is 54.8 Å². The van der Waals surface area contributed by atoms with E-state index in [9.17, 15) is 0 Å². The summed E-state index contributed by atoms with van der Waals surface area (Å²) in [6.07, 6.45) is 1.05. The molecule has 1 unspecified atom stereocenters. The Labute approximate surface area is 194 Å². The molecule has 1 aliphatic heterocycles. The predicted octanol–water partition coefficient (Wildman–Crippen LogP) is 7.06. The Kier molecular flexibility index (Phi) is 6.90. The van der Waals surface area contributed by atoms with Gasteiger partial charge in [0.15, 0.2) is 0 Å². The van der Waals surface area contributed by atoms with Crippen molar-refractivity contribution >= 4 is 40.5 Å². The summed E-state index contributed by atoms with van der Waals surface area (Å²) >= 11 is 18.8. The SMILES string of the molecule is Cc1ccc(CCN2CCN(c3ccc(Cl)cc3Cl)C(c3ccc(Cl)cc3)C2)cc1. The molecule has 0 bridgehead atoms. The summed E-state index contributed by atoms with van der Waals surface area (Å²) in [5.74, 6) is 0. The van der Waals surface area contributed by atoms with Crippen LogP contribution in [-0.4, -0.2) is 31.1 Å². The molecule has 3 aromatic carbocycles. The molecular formula is C25H25Cl3N2. The predicted molar refractivity (Wildman–Crippen MR) is 129 cm³/mol. The third kappa shape index (κ3) is 5.12. The summed E-state index contributed by atoms with van der Waals surface area (Å²) in [5.41, 5.74) is 4.95. The number of halogens is 3. The maximum atomic E-state index is 6.57. The molecule has 0 aromatic heterocycles. The standard InChI is InChI=1S/C25H25Cl3N2/c1-18-2-4-19(5-3-18)12-13-29-14-15-30(24-11-10-22(27)16-23(24)28)25(17-29)20-6-8-21(26)9-7-20/h2-11,16,25H,12-15,17H2,1H3. The molecule has 1 heterocycles. The molecule has 0 saturated carbocycles. The van der Waals surface area contributed by atoms with E-state index in [0.29, 0.717) is 10.0 Å². The van der Waals surface area contributed by atoms with E-state index >= 15 is 0 Å². The molecule has 0 N–H and O–H groups in total. The van der Waals surface area contributed by atoms with Gasteiger partial charge in [-0.2, -0.15) is 0 Å².